The molecule has 0 radical (unpaired) electrons. The van der Waals surface area contributed by atoms with Crippen LogP contribution in [0.1, 0.15) is 111 Å². The Morgan fingerprint density at radius 3 is 2.22 bits per heavy atom. The number of hydrogen-bond acceptors (Lipinski definition) is 7. The summed E-state index contributed by atoms with van der Waals surface area (Å²) < 4.78 is 13.5. The van der Waals surface area contributed by atoms with E-state index < -0.39 is 22.2 Å². The van der Waals surface area contributed by atoms with Crippen molar-refractivity contribution in [2.45, 2.75) is 123 Å². The Morgan fingerprint density at radius 2 is 1.55 bits per heavy atom. The predicted octanol–water partition coefficient (Wildman–Crippen LogP) is 6.59. The lowest BCUT2D eigenvalue weighted by atomic mass is 9.40. The summed E-state index contributed by atoms with van der Waals surface area (Å²) in [7, 11) is 0. The Kier molecular flexibility index (Phi) is 10.1. The van der Waals surface area contributed by atoms with Crippen LogP contribution >= 0.6 is 0 Å². The molecule has 0 spiro atoms. The molecular weight excluding hydrogens is 642 g/mol. The van der Waals surface area contributed by atoms with Crippen molar-refractivity contribution in [2.75, 3.05) is 59.0 Å². The number of piperidine rings is 1. The molecular formula is C42H67N3O6. The van der Waals surface area contributed by atoms with Gasteiger partial charge in [0.2, 0.25) is 0 Å². The lowest BCUT2D eigenvalue weighted by molar-refractivity contribution is -0.216. The number of carbonyl (C=O) groups excluding carboxylic acids is 2. The highest BCUT2D eigenvalue weighted by molar-refractivity contribution is 5.86. The molecule has 51 heavy (non-hydrogen) atoms. The van der Waals surface area contributed by atoms with Gasteiger partial charge in [0.15, 0.2) is 0 Å². The van der Waals surface area contributed by atoms with Gasteiger partial charge in [-0.1, -0.05) is 65.7 Å². The number of ether oxygens (including phenoxy) is 2. The number of aldehydes is 1. The Hall–Kier alpha value is -1.71. The third-order valence-electron chi connectivity index (χ3n) is 17.0. The minimum atomic E-state index is -1.10. The predicted molar refractivity (Wildman–Crippen MR) is 195 cm³/mol. The molecule has 286 valence electrons. The zero-order valence-electron chi connectivity index (χ0n) is 31.9. The van der Waals surface area contributed by atoms with Gasteiger partial charge in [0.1, 0.15) is 12.9 Å². The maximum atomic E-state index is 14.2. The average Bonchev–Trinajstić information content (AvgIpc) is 3.87. The summed E-state index contributed by atoms with van der Waals surface area (Å²) in [6.07, 6.45) is 15.8. The van der Waals surface area contributed by atoms with E-state index >= 15 is 0 Å². The van der Waals surface area contributed by atoms with E-state index in [1.54, 1.807) is 0 Å². The highest BCUT2D eigenvalue weighted by Gasteiger charge is 2.88. The third kappa shape index (κ3) is 5.57. The number of carboxylic acid groups (broad SMARTS) is 1. The molecule has 5 saturated carbocycles. The van der Waals surface area contributed by atoms with Crippen LogP contribution in [0.3, 0.4) is 0 Å². The highest BCUT2D eigenvalue weighted by Crippen LogP contribution is 2.86. The van der Waals surface area contributed by atoms with E-state index in [0.717, 1.165) is 58.3 Å². The third-order valence-corrected chi connectivity index (χ3v) is 17.0. The first-order chi connectivity index (χ1) is 24.7. The van der Waals surface area contributed by atoms with Gasteiger partial charge in [-0.2, -0.15) is 0 Å². The fourth-order valence-electron chi connectivity index (χ4n) is 14.8. The van der Waals surface area contributed by atoms with E-state index in [-0.39, 0.29) is 54.5 Å². The zero-order valence-corrected chi connectivity index (χ0v) is 31.9. The molecule has 0 aromatic rings. The molecule has 8 rings (SSSR count). The minimum absolute atomic E-state index is 0.0389. The van der Waals surface area contributed by atoms with Gasteiger partial charge in [-0.3, -0.25) is 9.69 Å². The first-order valence-corrected chi connectivity index (χ1v) is 21.4. The van der Waals surface area contributed by atoms with Crippen LogP contribution in [-0.4, -0.2) is 109 Å². The highest BCUT2D eigenvalue weighted by atomic mass is 16.6. The van der Waals surface area contributed by atoms with Gasteiger partial charge in [-0.25, -0.2) is 4.79 Å². The monoisotopic (exact) mass is 710 g/mol. The van der Waals surface area contributed by atoms with Crippen LogP contribution in [-0.2, 0) is 19.1 Å². The van der Waals surface area contributed by atoms with Gasteiger partial charge in [0, 0.05) is 50.1 Å². The van der Waals surface area contributed by atoms with Crippen molar-refractivity contribution in [3.8, 4) is 0 Å². The molecule has 5 aliphatic carbocycles. The molecule has 3 saturated heterocycles. The average molecular weight is 710 g/mol. The van der Waals surface area contributed by atoms with Gasteiger partial charge < -0.3 is 29.2 Å². The number of fused-ring (bicyclic) bond motifs is 2. The summed E-state index contributed by atoms with van der Waals surface area (Å²) in [5.74, 6) is 1.34. The SMILES string of the molecule is CC(C)C1CC2CC3(C=O)[C@@H]4CC[C@@H](C)[C@H]4CC2(C2CC(C4CCCCC4)C(COC(=O)N4CCN(CCN5CCCCC5)CC4)O2)C13C(=O)O. The Balaban J connectivity index is 1.01. The molecule has 0 aromatic heterocycles. The van der Waals surface area contributed by atoms with E-state index in [2.05, 4.69) is 30.6 Å². The summed E-state index contributed by atoms with van der Waals surface area (Å²) in [6.45, 7) is 14.7. The van der Waals surface area contributed by atoms with Crippen LogP contribution in [0.4, 0.5) is 4.79 Å². The van der Waals surface area contributed by atoms with Crippen molar-refractivity contribution in [3.05, 3.63) is 0 Å². The number of aliphatic carboxylic acids is 1. The Labute approximate surface area is 306 Å². The second-order valence-corrected chi connectivity index (χ2v) is 19.1. The number of piperazine rings is 1. The molecule has 9 heteroatoms. The molecule has 11 atom stereocenters. The molecule has 0 aromatic carbocycles. The molecule has 9 nitrogen and oxygen atoms in total. The van der Waals surface area contributed by atoms with Crippen molar-refractivity contribution in [1.29, 1.82) is 0 Å². The van der Waals surface area contributed by atoms with Gasteiger partial charge in [-0.15, -0.1) is 0 Å². The van der Waals surface area contributed by atoms with Gasteiger partial charge >= 0.3 is 12.1 Å². The molecule has 4 bridgehead atoms. The smallest absolute Gasteiger partial charge is 0.409 e. The van der Waals surface area contributed by atoms with Crippen molar-refractivity contribution in [1.82, 2.24) is 14.7 Å². The number of likely N-dealkylation sites (tertiary alicyclic amines) is 1. The van der Waals surface area contributed by atoms with Crippen LogP contribution in [0, 0.1) is 63.6 Å². The summed E-state index contributed by atoms with van der Waals surface area (Å²) in [5.41, 5.74) is -2.49. The van der Waals surface area contributed by atoms with Gasteiger partial charge in [0.05, 0.1) is 17.6 Å². The van der Waals surface area contributed by atoms with Crippen LogP contribution in [0.15, 0.2) is 0 Å². The van der Waals surface area contributed by atoms with E-state index in [9.17, 15) is 19.5 Å². The second kappa shape index (κ2) is 14.2. The van der Waals surface area contributed by atoms with E-state index in [1.807, 2.05) is 4.90 Å². The van der Waals surface area contributed by atoms with Crippen molar-refractivity contribution < 1.29 is 29.0 Å². The van der Waals surface area contributed by atoms with E-state index in [4.69, 9.17) is 9.47 Å². The number of rotatable bonds is 10. The molecule has 3 aliphatic heterocycles. The number of nitrogens with zero attached hydrogens (tertiary/aromatic N) is 3. The van der Waals surface area contributed by atoms with Crippen molar-refractivity contribution in [2.24, 2.45) is 63.6 Å². The number of carbonyl (C=O) groups is 3. The molecule has 8 fully saturated rings. The lowest BCUT2D eigenvalue weighted by Gasteiger charge is -2.61. The fraction of sp³-hybridized carbons (Fsp3) is 0.929. The zero-order chi connectivity index (χ0) is 35.5. The summed E-state index contributed by atoms with van der Waals surface area (Å²) in [4.78, 5) is 48.4. The molecule has 8 unspecified atom stereocenters. The molecule has 8 aliphatic rings. The summed E-state index contributed by atoms with van der Waals surface area (Å²) in [6, 6.07) is 0. The van der Waals surface area contributed by atoms with Crippen LogP contribution in [0.2, 0.25) is 0 Å². The largest absolute Gasteiger partial charge is 0.481 e. The quantitative estimate of drug-likeness (QED) is 0.254. The lowest BCUT2D eigenvalue weighted by Crippen LogP contribution is -2.66. The fourth-order valence-corrected chi connectivity index (χ4v) is 14.8. The van der Waals surface area contributed by atoms with Crippen LogP contribution in [0.25, 0.3) is 0 Å². The first kappa shape index (κ1) is 36.3. The molecule has 3 heterocycles. The van der Waals surface area contributed by atoms with Gasteiger partial charge in [-0.05, 0) is 105 Å². The number of carboxylic acids is 1. The minimum Gasteiger partial charge on any atom is -0.481 e. The maximum absolute atomic E-state index is 14.2. The maximum Gasteiger partial charge on any atom is 0.409 e. The van der Waals surface area contributed by atoms with Crippen LogP contribution < -0.4 is 0 Å². The summed E-state index contributed by atoms with van der Waals surface area (Å²) in [5, 5.41) is 11.6. The summed E-state index contributed by atoms with van der Waals surface area (Å²) >= 11 is 0. The first-order valence-electron chi connectivity index (χ1n) is 21.4. The number of hydrogen-bond donors (Lipinski definition) is 1. The van der Waals surface area contributed by atoms with E-state index in [0.29, 0.717) is 37.3 Å². The molecule has 1 N–H and O–H groups in total. The second-order valence-electron chi connectivity index (χ2n) is 19.1. The van der Waals surface area contributed by atoms with Crippen molar-refractivity contribution in [3.63, 3.8) is 0 Å². The normalized spacial score (nSPS) is 44.6. The standard InChI is InChI=1S/C42H67N3O6/c1-28(2)35-22-31-24-40(27-46)34-13-12-29(3)33(34)25-41(31,42(35,40)38(47)48)37-23-32(30-10-6-4-7-11-30)36(51-37)26-50-39(49)45-20-18-44(19-21-45)17-16-43-14-8-5-9-15-43/h27-37H,4-26H2,1-3H3,(H,47,48)/t29-,31?,32?,33-,34-,35?,36?,37?,40?,41?,42?/m1/s1. The Bertz CT molecular complexity index is 1290. The molecule has 1 amide bonds. The Morgan fingerprint density at radius 1 is 0.863 bits per heavy atom. The van der Waals surface area contributed by atoms with Crippen molar-refractivity contribution >= 4 is 18.3 Å². The van der Waals surface area contributed by atoms with Gasteiger partial charge in [0.25, 0.3) is 0 Å². The topological polar surface area (TPSA) is 99.6 Å². The van der Waals surface area contributed by atoms with Crippen LogP contribution in [0.5, 0.6) is 0 Å². The van der Waals surface area contributed by atoms with E-state index in [1.165, 1.54) is 70.7 Å². The number of amides is 1.